The molecule has 0 heterocycles. The lowest BCUT2D eigenvalue weighted by atomic mass is 10.00. The van der Waals surface area contributed by atoms with E-state index < -0.39 is 23.6 Å². The number of ether oxygens (including phenoxy) is 2. The van der Waals surface area contributed by atoms with E-state index in [9.17, 15) is 18.4 Å². The van der Waals surface area contributed by atoms with E-state index in [-0.39, 0.29) is 17.7 Å². The lowest BCUT2D eigenvalue weighted by Crippen LogP contribution is -2.21. The van der Waals surface area contributed by atoms with E-state index in [4.69, 9.17) is 21.1 Å². The summed E-state index contributed by atoms with van der Waals surface area (Å²) in [6.45, 7) is 0.0892. The molecule has 0 saturated heterocycles. The monoisotopic (exact) mass is 482 g/mol. The van der Waals surface area contributed by atoms with Crippen LogP contribution in [-0.2, 0) is 16.0 Å². The largest absolute Gasteiger partial charge is 0.465 e. The quantitative estimate of drug-likeness (QED) is 0.218. The van der Waals surface area contributed by atoms with Crippen molar-refractivity contribution >= 4 is 23.3 Å². The number of nitrogens with two attached hydrogens (primary N) is 2. The minimum Gasteiger partial charge on any atom is -0.465 e. The molecule has 35 heavy (non-hydrogen) atoms. The Bertz CT molecular complexity index is 1290. The van der Waals surface area contributed by atoms with Crippen LogP contribution in [0.4, 0.5) is 14.5 Å². The van der Waals surface area contributed by atoms with Crippen LogP contribution in [0.2, 0.25) is 0 Å². The molecule has 0 aliphatic rings. The average Bonchev–Trinajstić information content (AvgIpc) is 2.88. The molecule has 3 aromatic carbocycles. The molecule has 0 aliphatic heterocycles. The van der Waals surface area contributed by atoms with E-state index >= 15 is 0 Å². The van der Waals surface area contributed by atoms with Crippen LogP contribution < -0.4 is 22.3 Å². The van der Waals surface area contributed by atoms with Crippen LogP contribution in [0, 0.1) is 11.6 Å². The van der Waals surface area contributed by atoms with Gasteiger partial charge in [-0.05, 0) is 53.1 Å². The zero-order valence-electron chi connectivity index (χ0n) is 19.0. The van der Waals surface area contributed by atoms with Crippen molar-refractivity contribution in [3.05, 3.63) is 94.7 Å². The number of halogens is 2. The van der Waals surface area contributed by atoms with Crippen LogP contribution in [0.3, 0.4) is 0 Å². The van der Waals surface area contributed by atoms with Gasteiger partial charge in [-0.3, -0.25) is 5.84 Å². The number of nitrogens with one attached hydrogen (secondary N) is 2. The zero-order valence-corrected chi connectivity index (χ0v) is 19.0. The first-order valence-electron chi connectivity index (χ1n) is 10.3. The Morgan fingerprint density at radius 1 is 0.886 bits per heavy atom. The maximum absolute atomic E-state index is 13.8. The first-order chi connectivity index (χ1) is 16.8. The zero-order chi connectivity index (χ0) is 25.5. The summed E-state index contributed by atoms with van der Waals surface area (Å²) in [7, 11) is 2.51. The Hall–Kier alpha value is -4.44. The van der Waals surface area contributed by atoms with Crippen molar-refractivity contribution in [2.75, 3.05) is 19.5 Å². The normalized spacial score (nSPS) is 11.1. The molecule has 0 unspecified atom stereocenters. The summed E-state index contributed by atoms with van der Waals surface area (Å²) < 4.78 is 36.9. The van der Waals surface area contributed by atoms with Gasteiger partial charge in [0.15, 0.2) is 11.6 Å². The highest BCUT2D eigenvalue weighted by Gasteiger charge is 2.17. The van der Waals surface area contributed by atoms with Crippen molar-refractivity contribution in [3.63, 3.8) is 0 Å². The number of hydrogen-bond donors (Lipinski definition) is 4. The Morgan fingerprint density at radius 2 is 1.51 bits per heavy atom. The Labute approximate surface area is 200 Å². The minimum atomic E-state index is -0.995. The van der Waals surface area contributed by atoms with E-state index in [0.717, 1.165) is 12.1 Å². The molecule has 0 saturated carbocycles. The maximum atomic E-state index is 13.8. The first kappa shape index (κ1) is 25.2. The molecule has 182 valence electrons. The number of carbonyl (C=O) groups is 2. The number of anilines is 1. The van der Waals surface area contributed by atoms with Gasteiger partial charge in [0.25, 0.3) is 0 Å². The van der Waals surface area contributed by atoms with Crippen LogP contribution in [0.1, 0.15) is 31.8 Å². The third-order valence-electron chi connectivity index (χ3n) is 5.29. The molecule has 0 radical (unpaired) electrons. The highest BCUT2D eigenvalue weighted by Crippen LogP contribution is 2.28. The van der Waals surface area contributed by atoms with Gasteiger partial charge in [0.05, 0.1) is 31.0 Å². The number of carbonyl (C=O) groups excluding carboxylic acids is 2. The number of esters is 2. The summed E-state index contributed by atoms with van der Waals surface area (Å²) in [6, 6.07) is 13.1. The second-order valence-corrected chi connectivity index (χ2v) is 7.32. The van der Waals surface area contributed by atoms with Gasteiger partial charge in [-0.2, -0.15) is 0 Å². The standard InChI is InChI=1S/C25H24F2N4O4/c1-34-24(32)18-6-4-16(23(12-28)31-29)9-17(18)13-30-22-11-15(3-7-19(22)25(33)35-2)14-5-8-20(26)21(27)10-14/h3-12,30-31H,13,28-29H2,1-2H3/b23-12-. The maximum Gasteiger partial charge on any atom is 0.339 e. The van der Waals surface area contributed by atoms with Crippen molar-refractivity contribution in [2.24, 2.45) is 11.6 Å². The van der Waals surface area contributed by atoms with E-state index in [1.807, 2.05) is 0 Å². The molecule has 0 aliphatic carbocycles. The van der Waals surface area contributed by atoms with E-state index in [0.29, 0.717) is 33.6 Å². The van der Waals surface area contributed by atoms with Crippen molar-refractivity contribution in [2.45, 2.75) is 6.54 Å². The summed E-state index contributed by atoms with van der Waals surface area (Å²) >= 11 is 0. The van der Waals surface area contributed by atoms with E-state index in [2.05, 4.69) is 10.7 Å². The number of methoxy groups -OCH3 is 2. The fourth-order valence-corrected chi connectivity index (χ4v) is 3.47. The number of benzene rings is 3. The fraction of sp³-hybridized carbons (Fsp3) is 0.120. The molecule has 0 atom stereocenters. The fourth-order valence-electron chi connectivity index (χ4n) is 3.47. The van der Waals surface area contributed by atoms with Crippen molar-refractivity contribution in [1.29, 1.82) is 0 Å². The molecule has 6 N–H and O–H groups in total. The van der Waals surface area contributed by atoms with Crippen LogP contribution in [0.15, 0.2) is 60.8 Å². The molecule has 10 heteroatoms. The average molecular weight is 482 g/mol. The topological polar surface area (TPSA) is 129 Å². The van der Waals surface area contributed by atoms with Crippen LogP contribution in [-0.4, -0.2) is 26.2 Å². The molecule has 0 amide bonds. The SMILES string of the molecule is COC(=O)c1ccc(/C(=C/N)NN)cc1CNc1cc(-c2ccc(F)c(F)c2)ccc1C(=O)OC. The summed E-state index contributed by atoms with van der Waals surface area (Å²) in [5.74, 6) is 2.38. The number of hydrogen-bond acceptors (Lipinski definition) is 8. The van der Waals surface area contributed by atoms with Crippen molar-refractivity contribution in [3.8, 4) is 11.1 Å². The molecule has 0 fully saturated rings. The van der Waals surface area contributed by atoms with Crippen LogP contribution >= 0.6 is 0 Å². The predicted molar refractivity (Wildman–Crippen MR) is 128 cm³/mol. The predicted octanol–water partition coefficient (Wildman–Crippen LogP) is 3.54. The highest BCUT2D eigenvalue weighted by atomic mass is 19.2. The van der Waals surface area contributed by atoms with E-state index in [1.165, 1.54) is 32.6 Å². The number of hydrazine groups is 1. The van der Waals surface area contributed by atoms with Gasteiger partial charge in [0.2, 0.25) is 0 Å². The lowest BCUT2D eigenvalue weighted by Gasteiger charge is -2.16. The Balaban J connectivity index is 2.03. The molecule has 0 aromatic heterocycles. The molecular weight excluding hydrogens is 458 g/mol. The second-order valence-electron chi connectivity index (χ2n) is 7.32. The first-order valence-corrected chi connectivity index (χ1v) is 10.3. The van der Waals surface area contributed by atoms with Gasteiger partial charge in [-0.25, -0.2) is 18.4 Å². The summed E-state index contributed by atoms with van der Waals surface area (Å²) in [5, 5.41) is 3.12. The molecular formula is C25H24F2N4O4. The molecule has 8 nitrogen and oxygen atoms in total. The Kier molecular flexibility index (Phi) is 8.00. The van der Waals surface area contributed by atoms with Crippen LogP contribution in [0.25, 0.3) is 16.8 Å². The molecule has 3 aromatic rings. The van der Waals surface area contributed by atoms with E-state index in [1.54, 1.807) is 30.3 Å². The van der Waals surface area contributed by atoms with Crippen LogP contribution in [0.5, 0.6) is 0 Å². The van der Waals surface area contributed by atoms with Gasteiger partial charge in [-0.1, -0.05) is 18.2 Å². The second kappa shape index (κ2) is 11.1. The van der Waals surface area contributed by atoms with Gasteiger partial charge in [0.1, 0.15) is 0 Å². The lowest BCUT2D eigenvalue weighted by molar-refractivity contribution is 0.0591. The molecule has 0 bridgehead atoms. The molecule has 3 rings (SSSR count). The van der Waals surface area contributed by atoms with Gasteiger partial charge >= 0.3 is 11.9 Å². The van der Waals surface area contributed by atoms with Gasteiger partial charge in [0, 0.05) is 24.0 Å². The third-order valence-corrected chi connectivity index (χ3v) is 5.29. The van der Waals surface area contributed by atoms with Gasteiger partial charge < -0.3 is 25.9 Å². The third kappa shape index (κ3) is 5.56. The summed E-state index contributed by atoms with van der Waals surface area (Å²) in [6.07, 6.45) is 1.28. The molecule has 0 spiro atoms. The minimum absolute atomic E-state index is 0.0892. The van der Waals surface area contributed by atoms with Crippen molar-refractivity contribution < 1.29 is 27.8 Å². The van der Waals surface area contributed by atoms with Crippen molar-refractivity contribution in [1.82, 2.24) is 5.43 Å². The Morgan fingerprint density at radius 3 is 2.14 bits per heavy atom. The van der Waals surface area contributed by atoms with Gasteiger partial charge in [-0.15, -0.1) is 0 Å². The summed E-state index contributed by atoms with van der Waals surface area (Å²) in [4.78, 5) is 24.7. The highest BCUT2D eigenvalue weighted by molar-refractivity contribution is 5.97. The summed E-state index contributed by atoms with van der Waals surface area (Å²) in [5.41, 5.74) is 11.4. The smallest absolute Gasteiger partial charge is 0.339 e. The number of rotatable bonds is 8.